The number of aromatic nitrogens is 1. The third-order valence-corrected chi connectivity index (χ3v) is 7.25. The Morgan fingerprint density at radius 1 is 1.16 bits per heavy atom. The molecule has 1 aliphatic heterocycles. The van der Waals surface area contributed by atoms with E-state index < -0.39 is 6.10 Å². The molecular weight excluding hydrogens is 426 g/mol. The Labute approximate surface area is 195 Å². The molecule has 1 amide bonds. The lowest BCUT2D eigenvalue weighted by Gasteiger charge is -2.46. The smallest absolute Gasteiger partial charge is 0.252 e. The number of hydrogen-bond acceptors (Lipinski definition) is 5. The van der Waals surface area contributed by atoms with E-state index in [0.29, 0.717) is 25.1 Å². The van der Waals surface area contributed by atoms with Crippen LogP contribution in [-0.4, -0.2) is 66.1 Å². The Kier molecular flexibility index (Phi) is 7.23. The van der Waals surface area contributed by atoms with E-state index in [9.17, 15) is 4.79 Å². The summed E-state index contributed by atoms with van der Waals surface area (Å²) in [4.78, 5) is 21.4. The van der Waals surface area contributed by atoms with Gasteiger partial charge in [-0.05, 0) is 63.6 Å². The first-order chi connectivity index (χ1) is 15.3. The lowest BCUT2D eigenvalue weighted by atomic mass is 9.84. The van der Waals surface area contributed by atoms with Gasteiger partial charge in [-0.3, -0.25) is 9.69 Å². The van der Waals surface area contributed by atoms with Gasteiger partial charge < -0.3 is 14.1 Å². The van der Waals surface area contributed by atoms with Crippen LogP contribution in [0.3, 0.4) is 0 Å². The van der Waals surface area contributed by atoms with Crippen molar-refractivity contribution in [2.24, 2.45) is 0 Å². The largest absolute Gasteiger partial charge is 0.445 e. The van der Waals surface area contributed by atoms with Crippen molar-refractivity contribution in [1.82, 2.24) is 14.8 Å². The molecule has 2 fully saturated rings. The number of hydrogen-bond donors (Lipinski definition) is 0. The highest BCUT2D eigenvalue weighted by molar-refractivity contribution is 6.30. The zero-order valence-electron chi connectivity index (χ0n) is 19.5. The Bertz CT molecular complexity index is 900. The van der Waals surface area contributed by atoms with Gasteiger partial charge in [-0.1, -0.05) is 23.7 Å². The minimum atomic E-state index is -0.402. The van der Waals surface area contributed by atoms with Crippen molar-refractivity contribution in [3.63, 3.8) is 0 Å². The van der Waals surface area contributed by atoms with Gasteiger partial charge in [0.2, 0.25) is 0 Å². The monoisotopic (exact) mass is 459 g/mol. The number of nitrogens with zero attached hydrogens (tertiary/aromatic N) is 3. The number of ether oxygens (including phenoxy) is 1. The molecule has 2 heterocycles. The van der Waals surface area contributed by atoms with Gasteiger partial charge >= 0.3 is 0 Å². The molecule has 7 heteroatoms. The molecule has 174 valence electrons. The molecule has 0 bridgehead atoms. The molecule has 1 aromatic heterocycles. The van der Waals surface area contributed by atoms with Crippen molar-refractivity contribution in [2.75, 3.05) is 27.2 Å². The average molecular weight is 460 g/mol. The topological polar surface area (TPSA) is 58.8 Å². The van der Waals surface area contributed by atoms with Crippen molar-refractivity contribution in [1.29, 1.82) is 0 Å². The van der Waals surface area contributed by atoms with E-state index in [1.54, 1.807) is 19.0 Å². The van der Waals surface area contributed by atoms with Gasteiger partial charge in [0.1, 0.15) is 11.9 Å². The van der Waals surface area contributed by atoms with Crippen molar-refractivity contribution in [3.8, 4) is 0 Å². The highest BCUT2D eigenvalue weighted by atomic mass is 35.5. The van der Waals surface area contributed by atoms with Crippen LogP contribution in [0.25, 0.3) is 0 Å². The van der Waals surface area contributed by atoms with Crippen LogP contribution >= 0.6 is 11.6 Å². The number of rotatable bonds is 5. The fourth-order valence-corrected chi connectivity index (χ4v) is 5.12. The van der Waals surface area contributed by atoms with Crippen LogP contribution < -0.4 is 0 Å². The maximum atomic E-state index is 12.6. The summed E-state index contributed by atoms with van der Waals surface area (Å²) >= 11 is 6.07. The van der Waals surface area contributed by atoms with Gasteiger partial charge in [-0.25, -0.2) is 4.98 Å². The molecule has 1 saturated heterocycles. The zero-order valence-corrected chi connectivity index (χ0v) is 20.3. The number of likely N-dealkylation sites (N-methyl/N-ethyl adjacent to an activating group) is 1. The second-order valence-electron chi connectivity index (χ2n) is 9.43. The average Bonchev–Trinajstić information content (AvgIpc) is 3.13. The van der Waals surface area contributed by atoms with Crippen LogP contribution in [0.2, 0.25) is 5.02 Å². The molecule has 6 nitrogen and oxygen atoms in total. The molecule has 2 aliphatic rings. The molecule has 0 spiro atoms. The lowest BCUT2D eigenvalue weighted by molar-refractivity contribution is -0.153. The van der Waals surface area contributed by atoms with Gasteiger partial charge in [0, 0.05) is 43.7 Å². The van der Waals surface area contributed by atoms with Crippen molar-refractivity contribution < 1.29 is 13.9 Å². The van der Waals surface area contributed by atoms with Crippen LogP contribution in [0.4, 0.5) is 0 Å². The summed E-state index contributed by atoms with van der Waals surface area (Å²) < 4.78 is 12.0. The third kappa shape index (κ3) is 5.19. The summed E-state index contributed by atoms with van der Waals surface area (Å²) in [6, 6.07) is 8.73. The first-order valence-corrected chi connectivity index (χ1v) is 12.0. The summed E-state index contributed by atoms with van der Waals surface area (Å²) in [6.45, 7) is 5.19. The van der Waals surface area contributed by atoms with E-state index in [0.717, 1.165) is 54.5 Å². The van der Waals surface area contributed by atoms with Gasteiger partial charge in [0.15, 0.2) is 5.89 Å². The van der Waals surface area contributed by atoms with Crippen molar-refractivity contribution in [3.05, 3.63) is 52.2 Å². The molecule has 2 unspecified atom stereocenters. The number of aryl methyl sites for hydroxylation is 2. The molecule has 2 atom stereocenters. The van der Waals surface area contributed by atoms with Gasteiger partial charge in [-0.2, -0.15) is 0 Å². The number of carbonyl (C=O) groups excluding carboxylic acids is 1. The second-order valence-corrected chi connectivity index (χ2v) is 9.87. The highest BCUT2D eigenvalue weighted by Crippen LogP contribution is 2.37. The lowest BCUT2D eigenvalue weighted by Crippen LogP contribution is -2.58. The van der Waals surface area contributed by atoms with E-state index in [1.807, 2.05) is 26.0 Å². The minimum Gasteiger partial charge on any atom is -0.445 e. The molecule has 1 saturated carbocycles. The molecular formula is C25H34ClN3O3. The van der Waals surface area contributed by atoms with Crippen molar-refractivity contribution in [2.45, 2.75) is 70.1 Å². The van der Waals surface area contributed by atoms with E-state index in [4.69, 9.17) is 20.8 Å². The summed E-state index contributed by atoms with van der Waals surface area (Å²) in [6.07, 6.45) is 4.75. The fraction of sp³-hybridized carbons (Fsp3) is 0.600. The normalized spacial score (nSPS) is 26.8. The van der Waals surface area contributed by atoms with Crippen LogP contribution in [0.15, 0.2) is 28.7 Å². The van der Waals surface area contributed by atoms with Crippen LogP contribution in [0, 0.1) is 13.8 Å². The molecule has 1 aliphatic carbocycles. The third-order valence-electron chi connectivity index (χ3n) is 7.00. The fourth-order valence-electron chi connectivity index (χ4n) is 5.00. The number of morpholine rings is 1. The Morgan fingerprint density at radius 2 is 1.84 bits per heavy atom. The molecule has 2 aromatic rings. The first kappa shape index (κ1) is 23.3. The Balaban J connectivity index is 1.46. The minimum absolute atomic E-state index is 0.0411. The standard InChI is InChI=1S/C25H34ClN3O3/c1-16-17(2)32-24(27-16)19-7-11-21(12-8-19)29-14-23(25(30)28(3)4)31-15-22(29)13-18-5-9-20(26)10-6-18/h5-6,9-10,19,21-23H,7-8,11-15H2,1-4H3. The van der Waals surface area contributed by atoms with E-state index in [1.165, 1.54) is 5.56 Å². The summed E-state index contributed by atoms with van der Waals surface area (Å²) in [5, 5.41) is 0.748. The highest BCUT2D eigenvalue weighted by Gasteiger charge is 2.39. The maximum absolute atomic E-state index is 12.6. The number of halogens is 1. The summed E-state index contributed by atoms with van der Waals surface area (Å²) in [7, 11) is 3.59. The van der Waals surface area contributed by atoms with Gasteiger partial charge in [0.25, 0.3) is 5.91 Å². The maximum Gasteiger partial charge on any atom is 0.252 e. The summed E-state index contributed by atoms with van der Waals surface area (Å²) in [5.41, 5.74) is 2.23. The van der Waals surface area contributed by atoms with E-state index >= 15 is 0 Å². The van der Waals surface area contributed by atoms with Crippen LogP contribution in [0.1, 0.15) is 54.5 Å². The quantitative estimate of drug-likeness (QED) is 0.664. The molecule has 4 rings (SSSR count). The number of carbonyl (C=O) groups is 1. The van der Waals surface area contributed by atoms with Crippen LogP contribution in [-0.2, 0) is 16.0 Å². The van der Waals surface area contributed by atoms with Gasteiger partial charge in [0.05, 0.1) is 12.3 Å². The van der Waals surface area contributed by atoms with Gasteiger partial charge in [-0.15, -0.1) is 0 Å². The summed E-state index contributed by atoms with van der Waals surface area (Å²) in [5.74, 6) is 2.23. The Hall–Kier alpha value is -1.89. The van der Waals surface area contributed by atoms with Crippen LogP contribution in [0.5, 0.6) is 0 Å². The number of benzene rings is 1. The second kappa shape index (κ2) is 9.94. The first-order valence-electron chi connectivity index (χ1n) is 11.6. The predicted octanol–water partition coefficient (Wildman–Crippen LogP) is 4.37. The molecule has 1 aromatic carbocycles. The molecule has 0 N–H and O–H groups in total. The van der Waals surface area contributed by atoms with E-state index in [2.05, 4.69) is 22.0 Å². The van der Waals surface area contributed by atoms with E-state index in [-0.39, 0.29) is 11.9 Å². The Morgan fingerprint density at radius 3 is 2.44 bits per heavy atom. The number of amides is 1. The predicted molar refractivity (Wildman–Crippen MR) is 125 cm³/mol. The molecule has 32 heavy (non-hydrogen) atoms. The number of oxazole rings is 1. The SMILES string of the molecule is Cc1nc(C2CCC(N3CC(C(=O)N(C)C)OCC3Cc3ccc(Cl)cc3)CC2)oc1C. The van der Waals surface area contributed by atoms with Crippen molar-refractivity contribution >= 4 is 17.5 Å². The molecule has 0 radical (unpaired) electrons. The zero-order chi connectivity index (χ0) is 22.8.